The maximum Gasteiger partial charge on any atom is 0.0378 e. The third-order valence-electron chi connectivity index (χ3n) is 3.25. The fraction of sp³-hybridized carbons (Fsp3) is 0.267. The summed E-state index contributed by atoms with van der Waals surface area (Å²) in [5.41, 5.74) is 10.3. The molecule has 4 heteroatoms. The highest BCUT2D eigenvalue weighted by atomic mass is 79.9. The number of nitrogens with one attached hydrogen (secondary N) is 1. The molecule has 0 fully saturated rings. The van der Waals surface area contributed by atoms with Crippen molar-refractivity contribution >= 4 is 21.6 Å². The summed E-state index contributed by atoms with van der Waals surface area (Å²) in [6.45, 7) is 2.09. The van der Waals surface area contributed by atoms with E-state index in [1.54, 1.807) is 6.20 Å². The van der Waals surface area contributed by atoms with Gasteiger partial charge in [-0.05, 0) is 49.2 Å². The van der Waals surface area contributed by atoms with Crippen LogP contribution in [0.15, 0.2) is 41.1 Å². The highest BCUT2D eigenvalue weighted by Gasteiger charge is 2.14. The Labute approximate surface area is 122 Å². The number of nitrogens with zero attached hydrogens (tertiary/aromatic N) is 1. The number of halogens is 1. The number of likely N-dealkylation sites (N-methyl/N-ethyl adjacent to an activating group) is 1. The molecule has 0 aliphatic heterocycles. The van der Waals surface area contributed by atoms with Crippen molar-refractivity contribution in [2.45, 2.75) is 19.4 Å². The van der Waals surface area contributed by atoms with Crippen molar-refractivity contribution in [2.24, 2.45) is 0 Å². The van der Waals surface area contributed by atoms with E-state index in [4.69, 9.17) is 5.73 Å². The molecular weight excluding hydrogens is 302 g/mol. The molecule has 0 amide bonds. The first-order valence-electron chi connectivity index (χ1n) is 6.23. The van der Waals surface area contributed by atoms with Gasteiger partial charge in [-0.25, -0.2) is 0 Å². The molecule has 3 nitrogen and oxygen atoms in total. The Bertz CT molecular complexity index is 569. The topological polar surface area (TPSA) is 50.9 Å². The van der Waals surface area contributed by atoms with Crippen LogP contribution in [0, 0.1) is 6.92 Å². The Morgan fingerprint density at radius 2 is 2.16 bits per heavy atom. The van der Waals surface area contributed by atoms with Gasteiger partial charge in [-0.15, -0.1) is 0 Å². The van der Waals surface area contributed by atoms with Crippen molar-refractivity contribution in [3.05, 3.63) is 57.8 Å². The normalized spacial score (nSPS) is 12.4. The first-order valence-corrected chi connectivity index (χ1v) is 7.02. The Balaban J connectivity index is 2.28. The third-order valence-corrected chi connectivity index (χ3v) is 3.93. The number of aromatic nitrogens is 1. The Morgan fingerprint density at radius 1 is 1.37 bits per heavy atom. The number of rotatable bonds is 4. The zero-order valence-electron chi connectivity index (χ0n) is 11.2. The molecule has 1 aromatic heterocycles. The number of nitrogen functional groups attached to an aromatic ring is 1. The summed E-state index contributed by atoms with van der Waals surface area (Å²) < 4.78 is 1.12. The number of anilines is 1. The van der Waals surface area contributed by atoms with E-state index in [0.717, 1.165) is 22.1 Å². The fourth-order valence-electron chi connectivity index (χ4n) is 2.11. The first-order chi connectivity index (χ1) is 9.11. The van der Waals surface area contributed by atoms with E-state index in [1.807, 2.05) is 19.3 Å². The minimum absolute atomic E-state index is 0.210. The van der Waals surface area contributed by atoms with Gasteiger partial charge in [-0.1, -0.05) is 28.1 Å². The molecule has 0 spiro atoms. The summed E-state index contributed by atoms with van der Waals surface area (Å²) in [6, 6.07) is 8.45. The SMILES string of the molecule is CNC(Cc1cnccc1N)c1ccc(C)cc1Br. The first kappa shape index (κ1) is 14.0. The molecule has 3 N–H and O–H groups in total. The summed E-state index contributed by atoms with van der Waals surface area (Å²) in [5, 5.41) is 3.34. The summed E-state index contributed by atoms with van der Waals surface area (Å²) in [5.74, 6) is 0. The molecule has 19 heavy (non-hydrogen) atoms. The molecule has 2 rings (SSSR count). The van der Waals surface area contributed by atoms with Gasteiger partial charge in [0.1, 0.15) is 0 Å². The van der Waals surface area contributed by atoms with Gasteiger partial charge in [0.05, 0.1) is 0 Å². The number of hydrogen-bond donors (Lipinski definition) is 2. The molecule has 0 radical (unpaired) electrons. The van der Waals surface area contributed by atoms with Crippen LogP contribution in [0.4, 0.5) is 5.69 Å². The van der Waals surface area contributed by atoms with Crippen molar-refractivity contribution in [3.8, 4) is 0 Å². The zero-order chi connectivity index (χ0) is 13.8. The standard InChI is InChI=1S/C15H18BrN3/c1-10-3-4-12(13(16)7-10)15(18-2)8-11-9-19-6-5-14(11)17/h3-7,9,15,18H,8H2,1-2H3,(H2,17,19). The molecule has 0 aliphatic carbocycles. The highest BCUT2D eigenvalue weighted by Crippen LogP contribution is 2.28. The van der Waals surface area contributed by atoms with E-state index in [0.29, 0.717) is 0 Å². The Morgan fingerprint density at radius 3 is 2.79 bits per heavy atom. The summed E-state index contributed by atoms with van der Waals surface area (Å²) in [4.78, 5) is 4.14. The molecule has 100 valence electrons. The van der Waals surface area contributed by atoms with Crippen LogP contribution in [0.3, 0.4) is 0 Å². The fourth-order valence-corrected chi connectivity index (χ4v) is 2.88. The largest absolute Gasteiger partial charge is 0.398 e. The number of pyridine rings is 1. The van der Waals surface area contributed by atoms with Crippen molar-refractivity contribution in [1.29, 1.82) is 0 Å². The number of aryl methyl sites for hydroxylation is 1. The van der Waals surface area contributed by atoms with Gasteiger partial charge < -0.3 is 11.1 Å². The lowest BCUT2D eigenvalue weighted by atomic mass is 9.98. The third kappa shape index (κ3) is 3.33. The second-order valence-electron chi connectivity index (χ2n) is 4.64. The lowest BCUT2D eigenvalue weighted by Crippen LogP contribution is -2.20. The van der Waals surface area contributed by atoms with E-state index in [1.165, 1.54) is 11.1 Å². The van der Waals surface area contributed by atoms with Crippen LogP contribution in [0.2, 0.25) is 0 Å². The number of nitrogens with two attached hydrogens (primary N) is 1. The van der Waals surface area contributed by atoms with Crippen LogP contribution < -0.4 is 11.1 Å². The van der Waals surface area contributed by atoms with Crippen LogP contribution in [-0.2, 0) is 6.42 Å². The van der Waals surface area contributed by atoms with E-state index in [9.17, 15) is 0 Å². The van der Waals surface area contributed by atoms with E-state index in [2.05, 4.69) is 51.4 Å². The van der Waals surface area contributed by atoms with Gasteiger partial charge in [-0.2, -0.15) is 0 Å². The molecule has 1 unspecified atom stereocenters. The van der Waals surface area contributed by atoms with Gasteiger partial charge in [0.2, 0.25) is 0 Å². The van der Waals surface area contributed by atoms with Gasteiger partial charge in [-0.3, -0.25) is 4.98 Å². The van der Waals surface area contributed by atoms with Crippen LogP contribution in [0.25, 0.3) is 0 Å². The molecule has 0 saturated heterocycles. The Kier molecular flexibility index (Phi) is 4.56. The van der Waals surface area contributed by atoms with Gasteiger partial charge in [0.15, 0.2) is 0 Å². The average Bonchev–Trinajstić information content (AvgIpc) is 2.39. The predicted octanol–water partition coefficient (Wildman–Crippen LogP) is 3.24. The lowest BCUT2D eigenvalue weighted by Gasteiger charge is -2.19. The maximum atomic E-state index is 5.98. The summed E-state index contributed by atoms with van der Waals surface area (Å²) >= 11 is 3.63. The van der Waals surface area contributed by atoms with Crippen molar-refractivity contribution in [2.75, 3.05) is 12.8 Å². The molecule has 2 aromatic rings. The second kappa shape index (κ2) is 6.17. The average molecular weight is 320 g/mol. The smallest absolute Gasteiger partial charge is 0.0378 e. The quantitative estimate of drug-likeness (QED) is 0.909. The lowest BCUT2D eigenvalue weighted by molar-refractivity contribution is 0.589. The zero-order valence-corrected chi connectivity index (χ0v) is 12.7. The minimum atomic E-state index is 0.210. The predicted molar refractivity (Wildman–Crippen MR) is 83.0 cm³/mol. The van der Waals surface area contributed by atoms with Gasteiger partial charge >= 0.3 is 0 Å². The molecule has 1 aromatic carbocycles. The van der Waals surface area contributed by atoms with Crippen molar-refractivity contribution in [3.63, 3.8) is 0 Å². The second-order valence-corrected chi connectivity index (χ2v) is 5.50. The van der Waals surface area contributed by atoms with Gasteiger partial charge in [0, 0.05) is 28.6 Å². The number of hydrogen-bond acceptors (Lipinski definition) is 3. The van der Waals surface area contributed by atoms with Crippen LogP contribution in [-0.4, -0.2) is 12.0 Å². The van der Waals surface area contributed by atoms with Crippen molar-refractivity contribution in [1.82, 2.24) is 10.3 Å². The molecule has 0 aliphatic rings. The molecule has 0 bridgehead atoms. The maximum absolute atomic E-state index is 5.98. The highest BCUT2D eigenvalue weighted by molar-refractivity contribution is 9.10. The molecule has 1 heterocycles. The molecular formula is C15H18BrN3. The minimum Gasteiger partial charge on any atom is -0.398 e. The summed E-state index contributed by atoms with van der Waals surface area (Å²) in [7, 11) is 1.96. The molecule has 1 atom stereocenters. The molecule has 0 saturated carbocycles. The van der Waals surface area contributed by atoms with Crippen LogP contribution >= 0.6 is 15.9 Å². The number of benzene rings is 1. The van der Waals surface area contributed by atoms with Gasteiger partial charge in [0.25, 0.3) is 0 Å². The van der Waals surface area contributed by atoms with Crippen molar-refractivity contribution < 1.29 is 0 Å². The van der Waals surface area contributed by atoms with Crippen LogP contribution in [0.1, 0.15) is 22.7 Å². The van der Waals surface area contributed by atoms with E-state index >= 15 is 0 Å². The van der Waals surface area contributed by atoms with E-state index < -0.39 is 0 Å². The monoisotopic (exact) mass is 319 g/mol. The van der Waals surface area contributed by atoms with E-state index in [-0.39, 0.29) is 6.04 Å². The van der Waals surface area contributed by atoms with Crippen LogP contribution in [0.5, 0.6) is 0 Å². The Hall–Kier alpha value is -1.39. The summed E-state index contributed by atoms with van der Waals surface area (Å²) in [6.07, 6.45) is 4.37.